The molecule has 1 fully saturated rings. The van der Waals surface area contributed by atoms with Gasteiger partial charge in [-0.15, -0.1) is 0 Å². The Bertz CT molecular complexity index is 700. The van der Waals surface area contributed by atoms with Crippen LogP contribution < -0.4 is 0 Å². The van der Waals surface area contributed by atoms with E-state index < -0.39 is 13.0 Å². The van der Waals surface area contributed by atoms with Crippen molar-refractivity contribution in [1.82, 2.24) is 24.8 Å². The van der Waals surface area contributed by atoms with E-state index in [4.69, 9.17) is 4.52 Å². The molecule has 130 valence electrons. The van der Waals surface area contributed by atoms with E-state index in [1.54, 1.807) is 11.8 Å². The second-order valence-electron chi connectivity index (χ2n) is 5.98. The molecule has 0 spiro atoms. The highest BCUT2D eigenvalue weighted by Crippen LogP contribution is 2.21. The number of rotatable bonds is 5. The summed E-state index contributed by atoms with van der Waals surface area (Å²) in [6.07, 6.45) is 1.28. The first-order chi connectivity index (χ1) is 11.5. The van der Waals surface area contributed by atoms with Gasteiger partial charge in [-0.2, -0.15) is 10.1 Å². The van der Waals surface area contributed by atoms with Gasteiger partial charge in [-0.05, 0) is 24.8 Å². The van der Waals surface area contributed by atoms with E-state index in [9.17, 15) is 13.6 Å². The average Bonchev–Trinajstić information content (AvgIpc) is 3.15. The Kier molecular flexibility index (Phi) is 4.86. The third-order valence-corrected chi connectivity index (χ3v) is 4.09. The van der Waals surface area contributed by atoms with Crippen molar-refractivity contribution in [3.8, 4) is 0 Å². The number of nitrogens with zero attached hydrogens (tertiary/aromatic N) is 5. The van der Waals surface area contributed by atoms with Crippen LogP contribution in [0, 0.1) is 12.8 Å². The normalized spacial score (nSPS) is 18.3. The molecule has 0 saturated carbocycles. The van der Waals surface area contributed by atoms with Crippen LogP contribution in [0.25, 0.3) is 0 Å². The van der Waals surface area contributed by atoms with E-state index >= 15 is 0 Å². The van der Waals surface area contributed by atoms with Crippen LogP contribution in [0.2, 0.25) is 0 Å². The van der Waals surface area contributed by atoms with Crippen molar-refractivity contribution in [2.75, 3.05) is 13.1 Å². The van der Waals surface area contributed by atoms with Crippen molar-refractivity contribution < 1.29 is 18.1 Å². The standard InChI is InChI=1S/C15H19F2N5O2/c1-10-19-14(20-24-10)7-11-3-2-6-21(8-11)15(23)12-4-5-18-22(12)9-13(16)17/h4-5,11,13H,2-3,6-9H2,1H3/t11-/m1/s1. The van der Waals surface area contributed by atoms with Gasteiger partial charge in [0.15, 0.2) is 5.82 Å². The van der Waals surface area contributed by atoms with Crippen molar-refractivity contribution in [3.63, 3.8) is 0 Å². The summed E-state index contributed by atoms with van der Waals surface area (Å²) in [6.45, 7) is 2.32. The summed E-state index contributed by atoms with van der Waals surface area (Å²) in [5.74, 6) is 1.12. The molecule has 1 atom stereocenters. The van der Waals surface area contributed by atoms with E-state index in [0.717, 1.165) is 17.5 Å². The van der Waals surface area contributed by atoms with Crippen LogP contribution in [0.15, 0.2) is 16.8 Å². The zero-order valence-corrected chi connectivity index (χ0v) is 13.4. The van der Waals surface area contributed by atoms with Crippen molar-refractivity contribution in [1.29, 1.82) is 0 Å². The van der Waals surface area contributed by atoms with Crippen molar-refractivity contribution in [2.24, 2.45) is 5.92 Å². The molecule has 2 aromatic rings. The number of amides is 1. The molecule has 3 heterocycles. The van der Waals surface area contributed by atoms with Gasteiger partial charge in [-0.3, -0.25) is 9.48 Å². The molecule has 9 heteroatoms. The monoisotopic (exact) mass is 339 g/mol. The first-order valence-corrected chi connectivity index (χ1v) is 7.91. The molecule has 3 rings (SSSR count). The molecule has 7 nitrogen and oxygen atoms in total. The lowest BCUT2D eigenvalue weighted by Crippen LogP contribution is -2.41. The Morgan fingerprint density at radius 1 is 1.50 bits per heavy atom. The second kappa shape index (κ2) is 7.06. The Morgan fingerprint density at radius 3 is 3.04 bits per heavy atom. The maximum Gasteiger partial charge on any atom is 0.272 e. The van der Waals surface area contributed by atoms with Crippen LogP contribution in [0.5, 0.6) is 0 Å². The fourth-order valence-electron chi connectivity index (χ4n) is 3.05. The minimum absolute atomic E-state index is 0.200. The second-order valence-corrected chi connectivity index (χ2v) is 5.98. The molecule has 0 bridgehead atoms. The number of aromatic nitrogens is 4. The van der Waals surface area contributed by atoms with E-state index in [2.05, 4.69) is 15.2 Å². The molecule has 0 aliphatic carbocycles. The number of alkyl halides is 2. The predicted molar refractivity (Wildman–Crippen MR) is 79.6 cm³/mol. The zero-order valence-electron chi connectivity index (χ0n) is 13.4. The molecule has 0 N–H and O–H groups in total. The van der Waals surface area contributed by atoms with Gasteiger partial charge in [-0.1, -0.05) is 5.16 Å². The molecule has 1 aliphatic rings. The Morgan fingerprint density at radius 2 is 2.33 bits per heavy atom. The lowest BCUT2D eigenvalue weighted by Gasteiger charge is -2.32. The summed E-state index contributed by atoms with van der Waals surface area (Å²) < 4.78 is 31.2. The van der Waals surface area contributed by atoms with Crippen LogP contribution in [0.4, 0.5) is 8.78 Å². The third-order valence-electron chi connectivity index (χ3n) is 4.09. The summed E-state index contributed by atoms with van der Waals surface area (Å²) in [6, 6.07) is 1.48. The van der Waals surface area contributed by atoms with Gasteiger partial charge in [0.2, 0.25) is 5.89 Å². The highest BCUT2D eigenvalue weighted by Gasteiger charge is 2.27. The molecule has 1 aliphatic heterocycles. The largest absolute Gasteiger partial charge is 0.340 e. The van der Waals surface area contributed by atoms with Gasteiger partial charge in [0.1, 0.15) is 12.2 Å². The highest BCUT2D eigenvalue weighted by molar-refractivity contribution is 5.92. The molecule has 1 amide bonds. The lowest BCUT2D eigenvalue weighted by molar-refractivity contribution is 0.0648. The molecule has 0 radical (unpaired) electrons. The van der Waals surface area contributed by atoms with Crippen molar-refractivity contribution in [2.45, 2.75) is 39.2 Å². The first kappa shape index (κ1) is 16.5. The number of aryl methyl sites for hydroxylation is 1. The number of carbonyl (C=O) groups is 1. The minimum atomic E-state index is -2.55. The summed E-state index contributed by atoms with van der Waals surface area (Å²) in [5, 5.41) is 7.71. The average molecular weight is 339 g/mol. The fraction of sp³-hybridized carbons (Fsp3) is 0.600. The van der Waals surface area contributed by atoms with Crippen molar-refractivity contribution >= 4 is 5.91 Å². The van der Waals surface area contributed by atoms with Gasteiger partial charge < -0.3 is 9.42 Å². The third kappa shape index (κ3) is 3.77. The number of carbonyl (C=O) groups excluding carboxylic acids is 1. The highest BCUT2D eigenvalue weighted by atomic mass is 19.3. The van der Waals surface area contributed by atoms with Crippen LogP contribution in [-0.2, 0) is 13.0 Å². The fourth-order valence-corrected chi connectivity index (χ4v) is 3.05. The summed E-state index contributed by atoms with van der Waals surface area (Å²) in [4.78, 5) is 18.5. The molecular formula is C15H19F2N5O2. The molecule has 24 heavy (non-hydrogen) atoms. The number of likely N-dealkylation sites (tertiary alicyclic amines) is 1. The van der Waals surface area contributed by atoms with Crippen molar-refractivity contribution in [3.05, 3.63) is 29.7 Å². The number of hydrogen-bond acceptors (Lipinski definition) is 5. The van der Waals surface area contributed by atoms with Gasteiger partial charge in [0.05, 0.1) is 0 Å². The smallest absolute Gasteiger partial charge is 0.272 e. The van der Waals surface area contributed by atoms with Crippen LogP contribution in [0.3, 0.4) is 0 Å². The summed E-state index contributed by atoms with van der Waals surface area (Å²) >= 11 is 0. The Hall–Kier alpha value is -2.32. The zero-order chi connectivity index (χ0) is 17.1. The lowest BCUT2D eigenvalue weighted by atomic mass is 9.94. The number of hydrogen-bond donors (Lipinski definition) is 0. The molecule has 1 saturated heterocycles. The summed E-state index contributed by atoms with van der Waals surface area (Å²) in [5.41, 5.74) is 0.200. The van der Waals surface area contributed by atoms with E-state index in [1.165, 1.54) is 12.3 Å². The molecular weight excluding hydrogens is 320 g/mol. The van der Waals surface area contributed by atoms with Crippen LogP contribution >= 0.6 is 0 Å². The first-order valence-electron chi connectivity index (χ1n) is 7.91. The van der Waals surface area contributed by atoms with E-state index in [0.29, 0.717) is 31.2 Å². The van der Waals surface area contributed by atoms with Gasteiger partial charge in [-0.25, -0.2) is 8.78 Å². The Balaban J connectivity index is 1.66. The minimum Gasteiger partial charge on any atom is -0.340 e. The van der Waals surface area contributed by atoms with E-state index in [1.807, 2.05) is 0 Å². The number of piperidine rings is 1. The van der Waals surface area contributed by atoms with Crippen LogP contribution in [-0.4, -0.2) is 50.2 Å². The quantitative estimate of drug-likeness (QED) is 0.832. The maximum absolute atomic E-state index is 12.6. The van der Waals surface area contributed by atoms with E-state index in [-0.39, 0.29) is 17.5 Å². The molecule has 0 unspecified atom stereocenters. The van der Waals surface area contributed by atoms with Crippen LogP contribution in [0.1, 0.15) is 35.0 Å². The maximum atomic E-state index is 12.6. The number of halogens is 2. The van der Waals surface area contributed by atoms with Gasteiger partial charge >= 0.3 is 0 Å². The molecule has 2 aromatic heterocycles. The predicted octanol–water partition coefficient (Wildman–Crippen LogP) is 1.93. The summed E-state index contributed by atoms with van der Waals surface area (Å²) in [7, 11) is 0. The topological polar surface area (TPSA) is 77.1 Å². The van der Waals surface area contributed by atoms with Gasteiger partial charge in [0, 0.05) is 32.6 Å². The molecule has 0 aromatic carbocycles. The Labute approximate surface area is 137 Å². The van der Waals surface area contributed by atoms with Gasteiger partial charge in [0.25, 0.3) is 12.3 Å². The SMILES string of the molecule is Cc1nc(C[C@H]2CCCN(C(=O)c3ccnn3CC(F)F)C2)no1.